The minimum atomic E-state index is -0.707. The first-order valence-electron chi connectivity index (χ1n) is 15.0. The van der Waals surface area contributed by atoms with Crippen LogP contribution >= 0.6 is 0 Å². The van der Waals surface area contributed by atoms with Gasteiger partial charge in [0.25, 0.3) is 0 Å². The van der Waals surface area contributed by atoms with Gasteiger partial charge in [0.1, 0.15) is 0 Å². The third-order valence-corrected chi connectivity index (χ3v) is 7.88. The molecule has 0 heterocycles. The summed E-state index contributed by atoms with van der Waals surface area (Å²) in [7, 11) is 0. The molecule has 4 rings (SSSR count). The van der Waals surface area contributed by atoms with Gasteiger partial charge in [-0.05, 0) is 47.4 Å². The number of hydrogen-bond acceptors (Lipinski definition) is 4. The summed E-state index contributed by atoms with van der Waals surface area (Å²) in [5.41, 5.74) is 10.9. The van der Waals surface area contributed by atoms with Gasteiger partial charge in [0.15, 0.2) is 0 Å². The number of aliphatic hydroxyl groups excluding tert-OH is 1. The van der Waals surface area contributed by atoms with Crippen LogP contribution in [0.1, 0.15) is 42.5 Å². The van der Waals surface area contributed by atoms with Crippen LogP contribution in [0.4, 0.5) is 0 Å². The van der Waals surface area contributed by atoms with Crippen LogP contribution in [-0.2, 0) is 30.7 Å². The van der Waals surface area contributed by atoms with Crippen molar-refractivity contribution in [1.29, 1.82) is 0 Å². The number of amides is 1. The van der Waals surface area contributed by atoms with E-state index >= 15 is 0 Å². The lowest BCUT2D eigenvalue weighted by Gasteiger charge is -2.37. The van der Waals surface area contributed by atoms with Gasteiger partial charge >= 0.3 is 0 Å². The van der Waals surface area contributed by atoms with Crippen molar-refractivity contribution < 1.29 is 9.90 Å². The summed E-state index contributed by atoms with van der Waals surface area (Å²) < 4.78 is 0. The monoisotopic (exact) mass is 563 g/mol. The van der Waals surface area contributed by atoms with Gasteiger partial charge in [-0.3, -0.25) is 9.69 Å². The highest BCUT2D eigenvalue weighted by Gasteiger charge is 2.30. The molecule has 42 heavy (non-hydrogen) atoms. The van der Waals surface area contributed by atoms with Crippen molar-refractivity contribution in [3.05, 3.63) is 144 Å². The fourth-order valence-electron chi connectivity index (χ4n) is 5.43. The largest absolute Gasteiger partial charge is 0.391 e. The van der Waals surface area contributed by atoms with Crippen LogP contribution in [0.5, 0.6) is 0 Å². The second kappa shape index (κ2) is 16.0. The van der Waals surface area contributed by atoms with Gasteiger partial charge in [-0.25, -0.2) is 0 Å². The van der Waals surface area contributed by atoms with E-state index in [1.165, 1.54) is 11.1 Å². The molecule has 5 nitrogen and oxygen atoms in total. The number of rotatable bonds is 15. The Bertz CT molecular complexity index is 1280. The number of nitrogens with one attached hydrogen (secondary N) is 1. The van der Waals surface area contributed by atoms with Gasteiger partial charge in [-0.15, -0.1) is 0 Å². The highest BCUT2D eigenvalue weighted by Crippen LogP contribution is 2.23. The number of aliphatic hydroxyl groups is 1. The molecule has 0 aliphatic heterocycles. The van der Waals surface area contributed by atoms with E-state index in [9.17, 15) is 9.90 Å². The number of benzene rings is 4. The van der Waals surface area contributed by atoms with Gasteiger partial charge in [-0.1, -0.05) is 135 Å². The zero-order valence-corrected chi connectivity index (χ0v) is 24.8. The molecule has 0 radical (unpaired) electrons. The predicted molar refractivity (Wildman–Crippen MR) is 172 cm³/mol. The smallest absolute Gasteiger partial charge is 0.237 e. The molecule has 4 aromatic carbocycles. The summed E-state index contributed by atoms with van der Waals surface area (Å²) in [6, 6.07) is 40.2. The van der Waals surface area contributed by atoms with E-state index in [2.05, 4.69) is 83.0 Å². The molecule has 4 N–H and O–H groups in total. The minimum Gasteiger partial charge on any atom is -0.391 e. The average Bonchev–Trinajstić information content (AvgIpc) is 3.01. The molecule has 220 valence electrons. The summed E-state index contributed by atoms with van der Waals surface area (Å²) in [6.45, 7) is 5.29. The first kappa shape index (κ1) is 31.2. The molecule has 0 saturated heterocycles. The van der Waals surface area contributed by atoms with Gasteiger partial charge < -0.3 is 16.2 Å². The first-order valence-corrected chi connectivity index (χ1v) is 15.0. The number of nitrogens with two attached hydrogens (primary N) is 1. The van der Waals surface area contributed by atoms with Crippen LogP contribution in [0.3, 0.4) is 0 Å². The molecule has 0 bridgehead atoms. The predicted octanol–water partition coefficient (Wildman–Crippen LogP) is 5.76. The van der Waals surface area contributed by atoms with Gasteiger partial charge in [-0.2, -0.15) is 0 Å². The highest BCUT2D eigenvalue weighted by atomic mass is 16.3. The Hall–Kier alpha value is -3.77. The lowest BCUT2D eigenvalue weighted by molar-refractivity contribution is -0.124. The van der Waals surface area contributed by atoms with E-state index in [-0.39, 0.29) is 23.9 Å². The lowest BCUT2D eigenvalue weighted by atomic mass is 9.91. The molecule has 0 spiro atoms. The first-order chi connectivity index (χ1) is 20.4. The summed E-state index contributed by atoms with van der Waals surface area (Å²) in [4.78, 5) is 15.5. The Kier molecular flexibility index (Phi) is 11.9. The Balaban J connectivity index is 1.65. The summed E-state index contributed by atoms with van der Waals surface area (Å²) >= 11 is 0. The molecule has 0 aliphatic rings. The van der Waals surface area contributed by atoms with Crippen molar-refractivity contribution >= 4 is 5.91 Å². The van der Waals surface area contributed by atoms with E-state index in [1.807, 2.05) is 62.4 Å². The van der Waals surface area contributed by atoms with Crippen LogP contribution in [0.2, 0.25) is 0 Å². The van der Waals surface area contributed by atoms with Crippen molar-refractivity contribution in [3.8, 4) is 0 Å². The lowest BCUT2D eigenvalue weighted by Crippen LogP contribution is -2.51. The number of nitrogens with zero attached hydrogens (tertiary/aromatic N) is 1. The Morgan fingerprint density at radius 2 is 1.10 bits per heavy atom. The SMILES string of the molecule is CC(C)[C@H](N)C(=O)N[C@@H](Cc1ccccc1)C[C@H](O)[C@H](Cc1ccccc1)N(Cc1ccccc1)Cc1ccccc1. The maximum atomic E-state index is 13.1. The molecule has 5 heteroatoms. The van der Waals surface area contributed by atoms with Crippen LogP contribution in [0.25, 0.3) is 0 Å². The van der Waals surface area contributed by atoms with E-state index < -0.39 is 12.1 Å². The molecular weight excluding hydrogens is 518 g/mol. The number of hydrogen-bond donors (Lipinski definition) is 3. The van der Waals surface area contributed by atoms with Crippen molar-refractivity contribution in [2.75, 3.05) is 0 Å². The second-order valence-electron chi connectivity index (χ2n) is 11.6. The Morgan fingerprint density at radius 3 is 1.52 bits per heavy atom. The average molecular weight is 564 g/mol. The molecule has 0 fully saturated rings. The van der Waals surface area contributed by atoms with Crippen LogP contribution in [-0.4, -0.2) is 40.1 Å². The standard InChI is InChI=1S/C37H45N3O2/c1-28(2)36(38)37(42)39-33(23-29-15-7-3-8-16-29)25-35(41)34(24-30-17-9-4-10-18-30)40(26-31-19-11-5-12-20-31)27-32-21-13-6-14-22-32/h3-22,28,33-36,41H,23-27,38H2,1-2H3,(H,39,42)/t33-,34-,35-,36-/m0/s1. The van der Waals surface area contributed by atoms with E-state index in [1.54, 1.807) is 0 Å². The quantitative estimate of drug-likeness (QED) is 0.172. The normalized spacial score (nSPS) is 14.3. The summed E-state index contributed by atoms with van der Waals surface area (Å²) in [5.74, 6) is -0.159. The van der Waals surface area contributed by atoms with Crippen molar-refractivity contribution in [1.82, 2.24) is 10.2 Å². The molecule has 0 aliphatic carbocycles. The van der Waals surface area contributed by atoms with E-state index in [4.69, 9.17) is 5.73 Å². The van der Waals surface area contributed by atoms with Gasteiger partial charge in [0.2, 0.25) is 5.91 Å². The maximum absolute atomic E-state index is 13.1. The summed E-state index contributed by atoms with van der Waals surface area (Å²) in [6.07, 6.45) is 0.994. The molecular formula is C37H45N3O2. The third kappa shape index (κ3) is 9.66. The maximum Gasteiger partial charge on any atom is 0.237 e. The van der Waals surface area contributed by atoms with Crippen LogP contribution in [0.15, 0.2) is 121 Å². The van der Waals surface area contributed by atoms with Crippen molar-refractivity contribution in [2.24, 2.45) is 11.7 Å². The minimum absolute atomic E-state index is 0.0189. The number of carbonyl (C=O) groups excluding carboxylic acids is 1. The topological polar surface area (TPSA) is 78.6 Å². The van der Waals surface area contributed by atoms with Gasteiger partial charge in [0.05, 0.1) is 12.1 Å². The van der Waals surface area contributed by atoms with E-state index in [0.29, 0.717) is 32.4 Å². The molecule has 0 aromatic heterocycles. The molecule has 4 aromatic rings. The van der Waals surface area contributed by atoms with Crippen molar-refractivity contribution in [3.63, 3.8) is 0 Å². The fraction of sp³-hybridized carbons (Fsp3) is 0.324. The molecule has 0 unspecified atom stereocenters. The molecule has 4 atom stereocenters. The summed E-state index contributed by atoms with van der Waals surface area (Å²) in [5, 5.41) is 15.3. The Labute approximate surface area is 251 Å². The fourth-order valence-corrected chi connectivity index (χ4v) is 5.43. The second-order valence-corrected chi connectivity index (χ2v) is 11.6. The molecule has 1 amide bonds. The van der Waals surface area contributed by atoms with Gasteiger partial charge in [0, 0.05) is 25.2 Å². The highest BCUT2D eigenvalue weighted by molar-refractivity contribution is 5.82. The van der Waals surface area contributed by atoms with Crippen LogP contribution < -0.4 is 11.1 Å². The zero-order chi connectivity index (χ0) is 29.7. The molecule has 0 saturated carbocycles. The zero-order valence-electron chi connectivity index (χ0n) is 24.8. The Morgan fingerprint density at radius 1 is 0.690 bits per heavy atom. The van der Waals surface area contributed by atoms with Crippen LogP contribution in [0, 0.1) is 5.92 Å². The van der Waals surface area contributed by atoms with Crippen molar-refractivity contribution in [2.45, 2.75) is 70.4 Å². The van der Waals surface area contributed by atoms with E-state index in [0.717, 1.165) is 11.1 Å². The third-order valence-electron chi connectivity index (χ3n) is 7.88. The number of carbonyl (C=O) groups is 1.